The van der Waals surface area contributed by atoms with Gasteiger partial charge in [-0.2, -0.15) is 5.10 Å². The average molecular weight is 455 g/mol. The van der Waals surface area contributed by atoms with Crippen molar-refractivity contribution in [2.45, 2.75) is 37.5 Å². The normalized spacial score (nSPS) is 16.1. The lowest BCUT2D eigenvalue weighted by Gasteiger charge is -2.25. The molecule has 2 heterocycles. The molecule has 34 heavy (non-hydrogen) atoms. The first-order valence-corrected chi connectivity index (χ1v) is 10.9. The van der Waals surface area contributed by atoms with Gasteiger partial charge < -0.3 is 15.2 Å². The zero-order chi connectivity index (χ0) is 23.9. The van der Waals surface area contributed by atoms with Crippen LogP contribution in [0.15, 0.2) is 66.0 Å². The third-order valence-electron chi connectivity index (χ3n) is 5.88. The molecule has 1 saturated carbocycles. The minimum atomic E-state index is -2.50. The van der Waals surface area contributed by atoms with Gasteiger partial charge in [0, 0.05) is 17.8 Å². The predicted molar refractivity (Wildman–Crippen MR) is 126 cm³/mol. The van der Waals surface area contributed by atoms with Crippen molar-refractivity contribution in [1.82, 2.24) is 25.1 Å². The monoisotopic (exact) mass is 455 g/mol. The molecular formula is C24H22BN5O4. The molecule has 170 valence electrons. The number of H-pyrrole nitrogens is 1. The van der Waals surface area contributed by atoms with Gasteiger partial charge in [0.15, 0.2) is 7.85 Å². The first kappa shape index (κ1) is 21.9. The van der Waals surface area contributed by atoms with Gasteiger partial charge in [0.05, 0.1) is 29.5 Å². The average Bonchev–Trinajstić information content (AvgIpc) is 3.47. The molecule has 0 saturated heterocycles. The van der Waals surface area contributed by atoms with E-state index in [9.17, 15) is 14.7 Å². The van der Waals surface area contributed by atoms with Crippen molar-refractivity contribution >= 4 is 24.7 Å². The summed E-state index contributed by atoms with van der Waals surface area (Å²) < 4.78 is 6.91. The molecule has 10 heteroatoms. The lowest BCUT2D eigenvalue weighted by molar-refractivity contribution is -0.152. The number of carbonyl (C=O) groups is 1. The minimum Gasteiger partial charge on any atom is -0.463 e. The summed E-state index contributed by atoms with van der Waals surface area (Å²) in [5, 5.41) is 20.1. The summed E-state index contributed by atoms with van der Waals surface area (Å²) in [5.74, 6) is -0.596. The van der Waals surface area contributed by atoms with Gasteiger partial charge in [-0.25, -0.2) is 4.98 Å². The number of aliphatic hydroxyl groups is 1. The molecule has 9 nitrogen and oxygen atoms in total. The van der Waals surface area contributed by atoms with Crippen LogP contribution in [0.3, 0.4) is 0 Å². The number of aromatic amines is 1. The fraction of sp³-hybridized carbons (Fsp3) is 0.250. The van der Waals surface area contributed by atoms with Crippen LogP contribution in [0.25, 0.3) is 22.0 Å². The maximum absolute atomic E-state index is 13.3. The molecule has 2 atom stereocenters. The van der Waals surface area contributed by atoms with Crippen LogP contribution < -0.4 is 15.6 Å². The molecule has 1 aliphatic rings. The van der Waals surface area contributed by atoms with E-state index < -0.39 is 17.6 Å². The van der Waals surface area contributed by atoms with Crippen molar-refractivity contribution in [2.24, 2.45) is 0 Å². The van der Waals surface area contributed by atoms with Gasteiger partial charge in [-0.15, -0.1) is 0 Å². The van der Waals surface area contributed by atoms with Crippen molar-refractivity contribution in [3.63, 3.8) is 0 Å². The second kappa shape index (κ2) is 8.46. The Kier molecular flexibility index (Phi) is 5.45. The first-order chi connectivity index (χ1) is 16.3. The lowest BCUT2D eigenvalue weighted by Crippen LogP contribution is -2.52. The quantitative estimate of drug-likeness (QED) is 0.289. The zero-order valence-corrected chi connectivity index (χ0v) is 18.4. The molecule has 1 fully saturated rings. The smallest absolute Gasteiger partial charge is 0.281 e. The van der Waals surface area contributed by atoms with Crippen LogP contribution in [-0.2, 0) is 4.79 Å². The number of nitrogens with one attached hydrogen (secondary N) is 2. The molecule has 2 aromatic heterocycles. The fourth-order valence-electron chi connectivity index (χ4n) is 3.74. The van der Waals surface area contributed by atoms with E-state index in [4.69, 9.17) is 12.6 Å². The number of fused-ring (bicyclic) bond motifs is 1. The third-order valence-corrected chi connectivity index (χ3v) is 5.88. The van der Waals surface area contributed by atoms with E-state index in [2.05, 4.69) is 20.5 Å². The summed E-state index contributed by atoms with van der Waals surface area (Å²) in [7, 11) is 5.70. The molecule has 1 unspecified atom stereocenters. The molecule has 1 aliphatic carbocycles. The number of nitrogens with zero attached hydrogens (tertiary/aromatic N) is 3. The standard InChI is InChI=1S/C24H22BN5O4/c1-14(15-3-2-4-19(9-15)34-24(25,33)23(32)29-18-6-7-18)30-13-26-21-8-5-16(10-20(21)22(30)31)17-11-27-28-12-17/h2-5,8-14,18,33H,6-7H2,1H3,(H,27,28)(H,29,32)/t14-,24?/m1/s1. The SMILES string of the molecule is [B]C(O)(Oc1cccc([C@@H](C)n2cnc3ccc(-c4cn[nH]c4)cc3c2=O)c1)C(=O)NC1CC1. The first-order valence-electron chi connectivity index (χ1n) is 10.9. The Morgan fingerprint density at radius 3 is 2.85 bits per heavy atom. The third kappa shape index (κ3) is 4.32. The summed E-state index contributed by atoms with van der Waals surface area (Å²) in [4.78, 5) is 29.9. The van der Waals surface area contributed by atoms with E-state index in [1.54, 1.807) is 42.7 Å². The summed E-state index contributed by atoms with van der Waals surface area (Å²) >= 11 is 0. The highest BCUT2D eigenvalue weighted by Gasteiger charge is 2.36. The Morgan fingerprint density at radius 1 is 1.29 bits per heavy atom. The van der Waals surface area contributed by atoms with Gasteiger partial charge in [0.2, 0.25) is 5.69 Å². The van der Waals surface area contributed by atoms with Crippen LogP contribution in [0.5, 0.6) is 5.75 Å². The second-order valence-corrected chi connectivity index (χ2v) is 8.47. The van der Waals surface area contributed by atoms with Crippen LogP contribution in [0.1, 0.15) is 31.4 Å². The molecule has 0 bridgehead atoms. The molecular weight excluding hydrogens is 433 g/mol. The van der Waals surface area contributed by atoms with Crippen molar-refractivity contribution in [2.75, 3.05) is 0 Å². The van der Waals surface area contributed by atoms with E-state index in [-0.39, 0.29) is 17.4 Å². The molecule has 2 radical (unpaired) electrons. The topological polar surface area (TPSA) is 122 Å². The Hall–Kier alpha value is -3.92. The van der Waals surface area contributed by atoms with E-state index in [0.29, 0.717) is 16.5 Å². The number of rotatable bonds is 7. The Labute approximate surface area is 196 Å². The molecule has 5 rings (SSSR count). The summed E-state index contributed by atoms with van der Waals surface area (Å²) in [6, 6.07) is 11.8. The Morgan fingerprint density at radius 2 is 2.12 bits per heavy atom. The van der Waals surface area contributed by atoms with Gasteiger partial charge in [0.25, 0.3) is 11.5 Å². The number of amides is 1. The van der Waals surface area contributed by atoms with Crippen LogP contribution in [-0.4, -0.2) is 50.3 Å². The maximum Gasteiger partial charge on any atom is 0.281 e. The number of benzene rings is 2. The minimum absolute atomic E-state index is 0.0267. The highest BCUT2D eigenvalue weighted by Crippen LogP contribution is 2.26. The molecule has 1 amide bonds. The predicted octanol–water partition coefficient (Wildman–Crippen LogP) is 1.87. The van der Waals surface area contributed by atoms with Gasteiger partial charge in [-0.1, -0.05) is 18.2 Å². The summed E-state index contributed by atoms with van der Waals surface area (Å²) in [6.07, 6.45) is 6.66. The van der Waals surface area contributed by atoms with Gasteiger partial charge in [-0.3, -0.25) is 19.3 Å². The summed E-state index contributed by atoms with van der Waals surface area (Å²) in [5.41, 5.74) is 0.322. The van der Waals surface area contributed by atoms with E-state index in [0.717, 1.165) is 24.0 Å². The maximum atomic E-state index is 13.3. The molecule has 2 aromatic carbocycles. The molecule has 0 aliphatic heterocycles. The number of aromatic nitrogens is 4. The van der Waals surface area contributed by atoms with Gasteiger partial charge in [0.1, 0.15) is 5.75 Å². The van der Waals surface area contributed by atoms with Crippen LogP contribution >= 0.6 is 0 Å². The van der Waals surface area contributed by atoms with Gasteiger partial charge in [-0.05, 0) is 55.2 Å². The molecule has 3 N–H and O–H groups in total. The number of hydrogen-bond donors (Lipinski definition) is 3. The molecule has 4 aromatic rings. The number of ether oxygens (including phenoxy) is 1. The highest BCUT2D eigenvalue weighted by atomic mass is 16.6. The van der Waals surface area contributed by atoms with Crippen LogP contribution in [0, 0.1) is 0 Å². The van der Waals surface area contributed by atoms with Crippen molar-refractivity contribution < 1.29 is 14.6 Å². The largest absolute Gasteiger partial charge is 0.463 e. The van der Waals surface area contributed by atoms with Crippen molar-refractivity contribution in [1.29, 1.82) is 0 Å². The zero-order valence-electron chi connectivity index (χ0n) is 18.4. The van der Waals surface area contributed by atoms with E-state index in [1.165, 1.54) is 10.9 Å². The molecule has 0 spiro atoms. The fourth-order valence-corrected chi connectivity index (χ4v) is 3.74. The highest BCUT2D eigenvalue weighted by molar-refractivity contribution is 6.26. The Bertz CT molecular complexity index is 1410. The van der Waals surface area contributed by atoms with Crippen molar-refractivity contribution in [3.05, 3.63) is 77.1 Å². The van der Waals surface area contributed by atoms with Gasteiger partial charge >= 0.3 is 0 Å². The van der Waals surface area contributed by atoms with Crippen LogP contribution in [0.4, 0.5) is 0 Å². The van der Waals surface area contributed by atoms with Crippen LogP contribution in [0.2, 0.25) is 0 Å². The second-order valence-electron chi connectivity index (χ2n) is 8.47. The van der Waals surface area contributed by atoms with Crippen molar-refractivity contribution in [3.8, 4) is 16.9 Å². The summed E-state index contributed by atoms with van der Waals surface area (Å²) in [6.45, 7) is 1.85. The van der Waals surface area contributed by atoms with E-state index in [1.807, 2.05) is 19.1 Å². The Balaban J connectivity index is 1.43. The lowest BCUT2D eigenvalue weighted by atomic mass is 9.93. The number of carbonyl (C=O) groups excluding carboxylic acids is 1. The number of hydrogen-bond acceptors (Lipinski definition) is 6. The van der Waals surface area contributed by atoms with E-state index >= 15 is 0 Å².